The van der Waals surface area contributed by atoms with E-state index in [2.05, 4.69) is 10.6 Å². The van der Waals surface area contributed by atoms with Crippen LogP contribution >= 0.6 is 11.6 Å². The number of esters is 1. The molecule has 0 bridgehead atoms. The first kappa shape index (κ1) is 21.4. The second-order valence-electron chi connectivity index (χ2n) is 6.34. The first-order chi connectivity index (χ1) is 13.4. The zero-order chi connectivity index (χ0) is 20.5. The Morgan fingerprint density at radius 3 is 2.43 bits per heavy atom. The summed E-state index contributed by atoms with van der Waals surface area (Å²) in [4.78, 5) is 36.6. The smallest absolute Gasteiger partial charge is 0.340 e. The van der Waals surface area contributed by atoms with Crippen molar-refractivity contribution in [1.29, 1.82) is 0 Å². The van der Waals surface area contributed by atoms with Crippen LogP contribution < -0.4 is 10.6 Å². The number of benzene rings is 2. The summed E-state index contributed by atoms with van der Waals surface area (Å²) in [6.45, 7) is 3.54. The molecule has 0 aliphatic heterocycles. The van der Waals surface area contributed by atoms with E-state index in [0.29, 0.717) is 16.3 Å². The average molecular weight is 403 g/mol. The monoisotopic (exact) mass is 402 g/mol. The lowest BCUT2D eigenvalue weighted by molar-refractivity contribution is -0.124. The van der Waals surface area contributed by atoms with Crippen LogP contribution in [0.3, 0.4) is 0 Å². The second kappa shape index (κ2) is 10.5. The summed E-state index contributed by atoms with van der Waals surface area (Å²) in [7, 11) is 0. The first-order valence-electron chi connectivity index (χ1n) is 9.03. The van der Waals surface area contributed by atoms with Gasteiger partial charge in [-0.15, -0.1) is 0 Å². The Kier molecular flexibility index (Phi) is 8.02. The summed E-state index contributed by atoms with van der Waals surface area (Å²) in [6.07, 6.45) is 1.79. The molecule has 2 rings (SSSR count). The number of rotatable bonds is 8. The van der Waals surface area contributed by atoms with E-state index in [1.54, 1.807) is 42.5 Å². The van der Waals surface area contributed by atoms with E-state index in [-0.39, 0.29) is 30.0 Å². The summed E-state index contributed by atoms with van der Waals surface area (Å²) in [5.41, 5.74) is 0.864. The fraction of sp³-hybridized carbons (Fsp3) is 0.286. The van der Waals surface area contributed by atoms with Crippen molar-refractivity contribution in [1.82, 2.24) is 5.32 Å². The quantitative estimate of drug-likeness (QED) is 0.652. The lowest BCUT2D eigenvalue weighted by Crippen LogP contribution is -2.35. The Balaban J connectivity index is 2.00. The van der Waals surface area contributed by atoms with Crippen LogP contribution in [0.15, 0.2) is 48.5 Å². The molecule has 2 aromatic rings. The standard InChI is InChI=1S/C21H23ClN2O4/c1-3-6-14(2)23-19(25)13-28-21(27)17-7-4-5-8-18(17)24-20(26)15-9-11-16(22)12-10-15/h4-5,7-12,14H,3,6,13H2,1-2H3,(H,23,25)(H,24,26)/t14-/m0/s1. The molecule has 7 heteroatoms. The molecule has 0 saturated carbocycles. The molecule has 0 heterocycles. The third-order valence-corrected chi connectivity index (χ3v) is 4.22. The highest BCUT2D eigenvalue weighted by molar-refractivity contribution is 6.30. The molecule has 0 saturated heterocycles. The van der Waals surface area contributed by atoms with Crippen LogP contribution in [0.4, 0.5) is 5.69 Å². The minimum absolute atomic E-state index is 0.0159. The highest BCUT2D eigenvalue weighted by atomic mass is 35.5. The topological polar surface area (TPSA) is 84.5 Å². The number of para-hydroxylation sites is 1. The zero-order valence-corrected chi connectivity index (χ0v) is 16.6. The number of hydrogen-bond acceptors (Lipinski definition) is 4. The van der Waals surface area contributed by atoms with Crippen LogP contribution in [-0.4, -0.2) is 30.4 Å². The minimum Gasteiger partial charge on any atom is -0.452 e. The van der Waals surface area contributed by atoms with E-state index in [1.165, 1.54) is 6.07 Å². The van der Waals surface area contributed by atoms with E-state index < -0.39 is 5.97 Å². The minimum atomic E-state index is -0.690. The van der Waals surface area contributed by atoms with E-state index >= 15 is 0 Å². The Morgan fingerprint density at radius 1 is 1.07 bits per heavy atom. The summed E-state index contributed by atoms with van der Waals surface area (Å²) in [6, 6.07) is 12.9. The van der Waals surface area contributed by atoms with Crippen LogP contribution in [0, 0.1) is 0 Å². The lowest BCUT2D eigenvalue weighted by atomic mass is 10.1. The largest absolute Gasteiger partial charge is 0.452 e. The maximum absolute atomic E-state index is 12.4. The molecular weight excluding hydrogens is 380 g/mol. The van der Waals surface area contributed by atoms with E-state index in [9.17, 15) is 14.4 Å². The molecule has 0 spiro atoms. The van der Waals surface area contributed by atoms with Crippen molar-refractivity contribution in [2.45, 2.75) is 32.7 Å². The predicted molar refractivity (Wildman–Crippen MR) is 109 cm³/mol. The van der Waals surface area contributed by atoms with Crippen LogP contribution in [0.2, 0.25) is 5.02 Å². The van der Waals surface area contributed by atoms with Crippen molar-refractivity contribution in [3.63, 3.8) is 0 Å². The van der Waals surface area contributed by atoms with Crippen molar-refractivity contribution in [2.75, 3.05) is 11.9 Å². The predicted octanol–water partition coefficient (Wildman–Crippen LogP) is 4.05. The van der Waals surface area contributed by atoms with Crippen LogP contribution in [0.5, 0.6) is 0 Å². The number of nitrogens with one attached hydrogen (secondary N) is 2. The fourth-order valence-electron chi connectivity index (χ4n) is 2.60. The fourth-order valence-corrected chi connectivity index (χ4v) is 2.72. The van der Waals surface area contributed by atoms with Gasteiger partial charge in [0.05, 0.1) is 11.3 Å². The van der Waals surface area contributed by atoms with Crippen LogP contribution in [-0.2, 0) is 9.53 Å². The molecule has 0 aromatic heterocycles. The van der Waals surface area contributed by atoms with Gasteiger partial charge in [-0.25, -0.2) is 4.79 Å². The van der Waals surface area contributed by atoms with Crippen molar-refractivity contribution in [3.8, 4) is 0 Å². The summed E-state index contributed by atoms with van der Waals surface area (Å²) in [5.74, 6) is -1.44. The Morgan fingerprint density at radius 2 is 1.75 bits per heavy atom. The van der Waals surface area contributed by atoms with Gasteiger partial charge in [0.15, 0.2) is 6.61 Å². The third kappa shape index (κ3) is 6.39. The number of carbonyl (C=O) groups is 3. The van der Waals surface area contributed by atoms with Crippen molar-refractivity contribution >= 4 is 35.1 Å². The molecular formula is C21H23ClN2O4. The molecule has 0 aliphatic rings. The van der Waals surface area contributed by atoms with Gasteiger partial charge in [-0.2, -0.15) is 0 Å². The Hall–Kier alpha value is -2.86. The Labute approximate surface area is 169 Å². The van der Waals surface area contributed by atoms with E-state index in [4.69, 9.17) is 16.3 Å². The highest BCUT2D eigenvalue weighted by Crippen LogP contribution is 2.18. The summed E-state index contributed by atoms with van der Waals surface area (Å²) in [5, 5.41) is 5.96. The molecule has 0 unspecified atom stereocenters. The first-order valence-corrected chi connectivity index (χ1v) is 9.41. The maximum atomic E-state index is 12.4. The van der Waals surface area contributed by atoms with Gasteiger partial charge in [-0.3, -0.25) is 9.59 Å². The number of ether oxygens (including phenoxy) is 1. The molecule has 2 aromatic carbocycles. The van der Waals surface area contributed by atoms with E-state index in [0.717, 1.165) is 12.8 Å². The molecule has 1 atom stereocenters. The SMILES string of the molecule is CCC[C@H](C)NC(=O)COC(=O)c1ccccc1NC(=O)c1ccc(Cl)cc1. The van der Waals surface area contributed by atoms with Crippen molar-refractivity contribution in [2.24, 2.45) is 0 Å². The van der Waals surface area contributed by atoms with Gasteiger partial charge in [0.25, 0.3) is 11.8 Å². The van der Waals surface area contributed by atoms with Crippen LogP contribution in [0.1, 0.15) is 47.4 Å². The number of anilines is 1. The molecule has 0 aliphatic carbocycles. The van der Waals surface area contributed by atoms with Gasteiger partial charge in [0.2, 0.25) is 0 Å². The van der Waals surface area contributed by atoms with Gasteiger partial charge in [0.1, 0.15) is 0 Å². The molecule has 0 radical (unpaired) electrons. The molecule has 2 amide bonds. The van der Waals surface area contributed by atoms with Gasteiger partial charge >= 0.3 is 5.97 Å². The number of carbonyl (C=O) groups excluding carboxylic acids is 3. The normalized spacial score (nSPS) is 11.4. The molecule has 28 heavy (non-hydrogen) atoms. The molecule has 6 nitrogen and oxygen atoms in total. The molecule has 148 valence electrons. The second-order valence-corrected chi connectivity index (χ2v) is 6.78. The molecule has 2 N–H and O–H groups in total. The summed E-state index contributed by atoms with van der Waals surface area (Å²) >= 11 is 5.83. The van der Waals surface area contributed by atoms with Crippen molar-refractivity contribution in [3.05, 3.63) is 64.7 Å². The van der Waals surface area contributed by atoms with Gasteiger partial charge in [0, 0.05) is 16.6 Å². The molecule has 0 fully saturated rings. The number of halogens is 1. The maximum Gasteiger partial charge on any atom is 0.340 e. The lowest BCUT2D eigenvalue weighted by Gasteiger charge is -2.14. The Bertz CT molecular complexity index is 837. The highest BCUT2D eigenvalue weighted by Gasteiger charge is 2.17. The van der Waals surface area contributed by atoms with Gasteiger partial charge < -0.3 is 15.4 Å². The number of hydrogen-bond donors (Lipinski definition) is 2. The van der Waals surface area contributed by atoms with Crippen molar-refractivity contribution < 1.29 is 19.1 Å². The van der Waals surface area contributed by atoms with Gasteiger partial charge in [-0.1, -0.05) is 37.1 Å². The number of amides is 2. The van der Waals surface area contributed by atoms with Gasteiger partial charge in [-0.05, 0) is 49.7 Å². The zero-order valence-electron chi connectivity index (χ0n) is 15.8. The average Bonchev–Trinajstić information content (AvgIpc) is 2.67. The van der Waals surface area contributed by atoms with Crippen LogP contribution in [0.25, 0.3) is 0 Å². The van der Waals surface area contributed by atoms with E-state index in [1.807, 2.05) is 13.8 Å². The summed E-state index contributed by atoms with van der Waals surface area (Å²) < 4.78 is 5.09. The third-order valence-electron chi connectivity index (χ3n) is 3.97.